The van der Waals surface area contributed by atoms with Gasteiger partial charge < -0.3 is 10.2 Å². The summed E-state index contributed by atoms with van der Waals surface area (Å²) >= 11 is 0. The molecule has 0 aliphatic heterocycles. The predicted octanol–water partition coefficient (Wildman–Crippen LogP) is 10.1. The minimum Gasteiger partial charge on any atom is -0.494 e. The van der Waals surface area contributed by atoms with E-state index in [-0.39, 0.29) is 47.0 Å². The molecule has 11 rings (SSSR count). The Morgan fingerprint density at radius 2 is 0.750 bits per heavy atom. The van der Waals surface area contributed by atoms with Crippen LogP contribution in [-0.2, 0) is 0 Å². The van der Waals surface area contributed by atoms with Crippen molar-refractivity contribution in [2.24, 2.45) is 9.98 Å². The number of aromatic hydroxyl groups is 2. The van der Waals surface area contributed by atoms with Gasteiger partial charge in [0.2, 0.25) is 11.8 Å². The monoisotopic (exact) mass is 748 g/mol. The molecule has 0 unspecified atom stereocenters. The molecule has 4 fully saturated rings. The number of benzene rings is 5. The molecule has 2 N–H and O–H groups in total. The Morgan fingerprint density at radius 3 is 1.12 bits per heavy atom. The third-order valence-electron chi connectivity index (χ3n) is 14.6. The molecule has 0 atom stereocenters. The maximum Gasteiger partial charge on any atom is 0.261 e. The zero-order valence-electron chi connectivity index (χ0n) is 32.4. The average Bonchev–Trinajstić information content (AvgIpc) is 3.23. The minimum absolute atomic E-state index is 0.0298. The molecular formula is C48H52N4O4. The van der Waals surface area contributed by atoms with Gasteiger partial charge in [0, 0.05) is 55.2 Å². The van der Waals surface area contributed by atoms with Gasteiger partial charge in [0.15, 0.2) is 0 Å². The van der Waals surface area contributed by atoms with E-state index in [1.54, 1.807) is 9.13 Å². The lowest BCUT2D eigenvalue weighted by Crippen LogP contribution is -2.28. The van der Waals surface area contributed by atoms with Crippen LogP contribution in [0.15, 0.2) is 56.0 Å². The van der Waals surface area contributed by atoms with Gasteiger partial charge >= 0.3 is 0 Å². The van der Waals surface area contributed by atoms with Gasteiger partial charge in [0.05, 0.1) is 33.6 Å². The number of nitrogens with zero attached hydrogens (tertiary/aromatic N) is 4. The van der Waals surface area contributed by atoms with Crippen molar-refractivity contribution in [3.8, 4) is 11.8 Å². The van der Waals surface area contributed by atoms with Crippen molar-refractivity contribution in [3.63, 3.8) is 0 Å². The number of aromatic nitrogens is 2. The van der Waals surface area contributed by atoms with E-state index in [4.69, 9.17) is 9.98 Å². The summed E-state index contributed by atoms with van der Waals surface area (Å²) in [7, 11) is 0. The highest BCUT2D eigenvalue weighted by molar-refractivity contribution is 6.39. The normalized spacial score (nSPS) is 21.1. The van der Waals surface area contributed by atoms with E-state index >= 15 is 0 Å². The molecule has 0 amide bonds. The molecule has 0 radical (unpaired) electrons. The van der Waals surface area contributed by atoms with Crippen LogP contribution in [0.5, 0.6) is 11.8 Å². The van der Waals surface area contributed by atoms with E-state index in [2.05, 4.69) is 12.1 Å². The highest BCUT2D eigenvalue weighted by Crippen LogP contribution is 2.46. The quantitative estimate of drug-likeness (QED) is 0.138. The van der Waals surface area contributed by atoms with Gasteiger partial charge in [-0.25, -0.2) is 0 Å². The Balaban J connectivity index is 1.34. The second-order valence-corrected chi connectivity index (χ2v) is 17.9. The largest absolute Gasteiger partial charge is 0.494 e. The van der Waals surface area contributed by atoms with Gasteiger partial charge in [0.1, 0.15) is 0 Å². The van der Waals surface area contributed by atoms with Crippen molar-refractivity contribution in [2.75, 3.05) is 0 Å². The first-order chi connectivity index (χ1) is 27.5. The van der Waals surface area contributed by atoms with Crippen LogP contribution < -0.4 is 21.8 Å². The molecule has 2 heterocycles. The second-order valence-electron chi connectivity index (χ2n) is 17.9. The van der Waals surface area contributed by atoms with Gasteiger partial charge in [-0.1, -0.05) is 89.2 Å². The van der Waals surface area contributed by atoms with Crippen molar-refractivity contribution in [3.05, 3.63) is 67.8 Å². The van der Waals surface area contributed by atoms with Crippen LogP contribution in [0.25, 0.3) is 64.6 Å². The number of pyridine rings is 2. The highest BCUT2D eigenvalue weighted by Gasteiger charge is 2.30. The summed E-state index contributed by atoms with van der Waals surface area (Å²) in [5, 5.41) is 35.7. The van der Waals surface area contributed by atoms with Crippen LogP contribution >= 0.6 is 0 Å². The van der Waals surface area contributed by atoms with Crippen LogP contribution in [0, 0.1) is 0 Å². The molecule has 0 saturated heterocycles. The van der Waals surface area contributed by atoms with Crippen LogP contribution in [0.3, 0.4) is 0 Å². The van der Waals surface area contributed by atoms with E-state index in [0.717, 1.165) is 169 Å². The third-order valence-corrected chi connectivity index (χ3v) is 14.6. The maximum absolute atomic E-state index is 14.8. The lowest BCUT2D eigenvalue weighted by molar-refractivity contribution is 0.308. The van der Waals surface area contributed by atoms with Gasteiger partial charge in [-0.05, 0) is 86.4 Å². The smallest absolute Gasteiger partial charge is 0.261 e. The molecule has 0 bridgehead atoms. The van der Waals surface area contributed by atoms with Gasteiger partial charge in [-0.2, -0.15) is 0 Å². The average molecular weight is 749 g/mol. The molecule has 288 valence electrons. The van der Waals surface area contributed by atoms with Crippen LogP contribution in [-0.4, -0.2) is 31.4 Å². The van der Waals surface area contributed by atoms with Crippen molar-refractivity contribution in [1.82, 2.24) is 9.13 Å². The number of hydrogen-bond donors (Lipinski definition) is 2. The molecule has 4 aliphatic rings. The lowest BCUT2D eigenvalue weighted by atomic mass is 9.84. The molecule has 7 aromatic rings. The first-order valence-corrected chi connectivity index (χ1v) is 22.0. The molecule has 8 nitrogen and oxygen atoms in total. The van der Waals surface area contributed by atoms with Gasteiger partial charge in [0.25, 0.3) is 11.1 Å². The van der Waals surface area contributed by atoms with Crippen molar-refractivity contribution >= 4 is 64.6 Å². The van der Waals surface area contributed by atoms with Crippen LogP contribution in [0.1, 0.15) is 141 Å². The van der Waals surface area contributed by atoms with Crippen molar-refractivity contribution in [2.45, 2.75) is 153 Å². The first kappa shape index (κ1) is 34.5. The molecule has 5 aromatic carbocycles. The van der Waals surface area contributed by atoms with E-state index in [1.807, 2.05) is 24.3 Å². The number of hydrogen-bond acceptors (Lipinski definition) is 6. The Morgan fingerprint density at radius 1 is 0.411 bits per heavy atom. The summed E-state index contributed by atoms with van der Waals surface area (Å²) in [6.45, 7) is 0. The van der Waals surface area contributed by atoms with E-state index < -0.39 is 0 Å². The topological polar surface area (TPSA) is 109 Å². The standard InChI is InChI=1S/C48H52N4O4/c53-45-33-24-22-32-42-38(50-28-15-7-2-8-16-28)26-36-40-34(46(54)52(48(36)56)30-19-11-4-12-20-30)23-21-31(44(40)42)41-37(49-27-13-5-1-6-14-27)25-35(39(33)43(32)41)47(55)51(45)29-17-9-3-10-18-29/h21-30,53-54H,1-20H2. The molecule has 8 heteroatoms. The molecule has 4 saturated carbocycles. The zero-order valence-corrected chi connectivity index (χ0v) is 32.4. The van der Waals surface area contributed by atoms with E-state index in [1.165, 1.54) is 12.8 Å². The summed E-state index contributed by atoms with van der Waals surface area (Å²) in [4.78, 5) is 40.7. The molecular weight excluding hydrogens is 697 g/mol. The Hall–Kier alpha value is -4.72. The van der Waals surface area contributed by atoms with Gasteiger partial charge in [-0.3, -0.25) is 28.7 Å². The maximum atomic E-state index is 14.8. The lowest BCUT2D eigenvalue weighted by Gasteiger charge is -2.27. The highest BCUT2D eigenvalue weighted by atomic mass is 16.3. The van der Waals surface area contributed by atoms with E-state index in [0.29, 0.717) is 21.5 Å². The van der Waals surface area contributed by atoms with Crippen molar-refractivity contribution in [1.29, 1.82) is 0 Å². The van der Waals surface area contributed by atoms with E-state index in [9.17, 15) is 19.8 Å². The van der Waals surface area contributed by atoms with Crippen LogP contribution in [0.4, 0.5) is 0 Å². The van der Waals surface area contributed by atoms with Crippen LogP contribution in [0.2, 0.25) is 0 Å². The molecule has 2 aromatic heterocycles. The fourth-order valence-electron chi connectivity index (χ4n) is 11.9. The Labute approximate surface area is 325 Å². The zero-order chi connectivity index (χ0) is 37.7. The fourth-order valence-corrected chi connectivity index (χ4v) is 11.9. The number of rotatable bonds is 4. The molecule has 56 heavy (non-hydrogen) atoms. The second kappa shape index (κ2) is 13.5. The summed E-state index contributed by atoms with van der Waals surface area (Å²) in [5.41, 5.74) is -0.274. The molecule has 4 aliphatic carbocycles. The first-order valence-electron chi connectivity index (χ1n) is 22.0. The third kappa shape index (κ3) is 5.15. The summed E-state index contributed by atoms with van der Waals surface area (Å²) in [6, 6.07) is 12.6. The Kier molecular flexibility index (Phi) is 8.29. The van der Waals surface area contributed by atoms with Crippen molar-refractivity contribution < 1.29 is 10.2 Å². The summed E-state index contributed by atoms with van der Waals surface area (Å²) in [6.07, 6.45) is 21.1. The fraction of sp³-hybridized carbons (Fsp3) is 0.500. The number of fused-ring (bicyclic) bond motifs is 2. The minimum atomic E-state index is -0.137. The summed E-state index contributed by atoms with van der Waals surface area (Å²) < 4.78 is 3.38. The SMILES string of the molecule is O=c1c2cc(=NC3CCCCC3)c3c4ccc5c(O)n(C6CCCCC6)c(=O)c6cc(=NC7CCCCC7)c(c7ccc(c(O)n1C1CCCCC1)c2c73)c4c56. The molecule has 0 spiro atoms. The van der Waals surface area contributed by atoms with Gasteiger partial charge in [-0.15, -0.1) is 0 Å². The predicted molar refractivity (Wildman–Crippen MR) is 226 cm³/mol. The summed E-state index contributed by atoms with van der Waals surface area (Å²) in [5.74, 6) is 0.111. The Bertz CT molecular complexity index is 2720.